The van der Waals surface area contributed by atoms with E-state index in [0.29, 0.717) is 6.42 Å². The Balaban J connectivity index is 2.06. The summed E-state index contributed by atoms with van der Waals surface area (Å²) in [5, 5.41) is 79.5. The fourth-order valence-electron chi connectivity index (χ4n) is 3.76. The first-order chi connectivity index (χ1) is 15.6. The molecule has 8 N–H and O–H groups in total. The summed E-state index contributed by atoms with van der Waals surface area (Å²) < 4.78 is 10.5. The molecule has 1 aromatic rings. The molecule has 11 heteroatoms. The van der Waals surface area contributed by atoms with Gasteiger partial charge >= 0.3 is 0 Å². The van der Waals surface area contributed by atoms with Gasteiger partial charge in [0.15, 0.2) is 12.1 Å². The molecule has 0 bridgehead atoms. The quantitative estimate of drug-likeness (QED) is 0.154. The summed E-state index contributed by atoms with van der Waals surface area (Å²) in [5.74, 6) is -0.896. The number of Topliss-reactive ketones (excluding diaryl/α,β-unsaturated/α-hetero) is 1. The zero-order valence-electron chi connectivity index (χ0n) is 18.3. The molecule has 188 valence electrons. The Bertz CT molecular complexity index is 716. The van der Waals surface area contributed by atoms with Crippen molar-refractivity contribution in [1.29, 1.82) is 0 Å². The number of ketones is 1. The van der Waals surface area contributed by atoms with Gasteiger partial charge in [-0.05, 0) is 17.9 Å². The van der Waals surface area contributed by atoms with Crippen molar-refractivity contribution in [2.24, 2.45) is 5.92 Å². The van der Waals surface area contributed by atoms with E-state index in [1.165, 1.54) is 0 Å². The van der Waals surface area contributed by atoms with Gasteiger partial charge in [0, 0.05) is 6.42 Å². The summed E-state index contributed by atoms with van der Waals surface area (Å²) in [5.41, 5.74) is 0.993. The van der Waals surface area contributed by atoms with Gasteiger partial charge in [-0.3, -0.25) is 4.79 Å². The number of carbonyl (C=O) groups excluding carboxylic acids is 1. The van der Waals surface area contributed by atoms with Crippen molar-refractivity contribution in [3.8, 4) is 0 Å². The first-order valence-corrected chi connectivity index (χ1v) is 10.8. The van der Waals surface area contributed by atoms with Crippen molar-refractivity contribution < 1.29 is 55.1 Å². The predicted molar refractivity (Wildman–Crippen MR) is 113 cm³/mol. The van der Waals surface area contributed by atoms with Gasteiger partial charge in [-0.1, -0.05) is 37.3 Å². The largest absolute Gasteiger partial charge is 0.394 e. The van der Waals surface area contributed by atoms with E-state index in [-0.39, 0.29) is 12.3 Å². The zero-order chi connectivity index (χ0) is 24.7. The molecule has 10 atom stereocenters. The number of carbonyl (C=O) groups is 1. The highest BCUT2D eigenvalue weighted by Crippen LogP contribution is 2.25. The highest BCUT2D eigenvalue weighted by Gasteiger charge is 2.47. The van der Waals surface area contributed by atoms with E-state index in [1.54, 1.807) is 6.92 Å². The van der Waals surface area contributed by atoms with Crippen molar-refractivity contribution in [1.82, 2.24) is 0 Å². The Labute approximate surface area is 191 Å². The zero-order valence-corrected chi connectivity index (χ0v) is 18.3. The van der Waals surface area contributed by atoms with Gasteiger partial charge in [-0.15, -0.1) is 0 Å². The van der Waals surface area contributed by atoms with Crippen LogP contribution in [0.2, 0.25) is 0 Å². The van der Waals surface area contributed by atoms with Gasteiger partial charge in [-0.2, -0.15) is 0 Å². The molecule has 0 aromatic heterocycles. The first kappa shape index (κ1) is 27.7. The molecule has 11 nitrogen and oxygen atoms in total. The lowest BCUT2D eigenvalue weighted by atomic mass is 9.91. The van der Waals surface area contributed by atoms with E-state index < -0.39 is 74.1 Å². The first-order valence-electron chi connectivity index (χ1n) is 10.8. The van der Waals surface area contributed by atoms with Crippen LogP contribution in [0.25, 0.3) is 0 Å². The van der Waals surface area contributed by atoms with E-state index in [4.69, 9.17) is 9.47 Å². The second kappa shape index (κ2) is 12.8. The monoisotopic (exact) mass is 474 g/mol. The third-order valence-corrected chi connectivity index (χ3v) is 5.67. The number of hydrogen-bond acceptors (Lipinski definition) is 11. The van der Waals surface area contributed by atoms with Gasteiger partial charge in [0.1, 0.15) is 48.8 Å². The van der Waals surface area contributed by atoms with Crippen LogP contribution < -0.4 is 0 Å². The van der Waals surface area contributed by atoms with Crippen LogP contribution in [-0.2, 0) is 20.7 Å². The minimum atomic E-state index is -2.02. The Hall–Kier alpha value is -1.51. The van der Waals surface area contributed by atoms with Gasteiger partial charge in [-0.25, -0.2) is 0 Å². The van der Waals surface area contributed by atoms with Gasteiger partial charge < -0.3 is 50.3 Å². The van der Waals surface area contributed by atoms with Crippen LogP contribution in [0.4, 0.5) is 0 Å². The maximum Gasteiger partial charge on any atom is 0.187 e. The van der Waals surface area contributed by atoms with E-state index in [1.807, 2.05) is 30.3 Å². The fourth-order valence-corrected chi connectivity index (χ4v) is 3.76. The fraction of sp³-hybridized carbons (Fsp3) is 0.682. The Morgan fingerprint density at radius 1 is 1.03 bits per heavy atom. The van der Waals surface area contributed by atoms with Crippen molar-refractivity contribution in [2.75, 3.05) is 13.2 Å². The number of rotatable bonds is 12. The minimum absolute atomic E-state index is 0.0882. The number of aliphatic hydroxyl groups is 8. The summed E-state index contributed by atoms with van der Waals surface area (Å²) in [6.07, 6.45) is -15.5. The molecule has 1 fully saturated rings. The lowest BCUT2D eigenvalue weighted by Gasteiger charge is -2.42. The molecule has 0 unspecified atom stereocenters. The number of ether oxygens (including phenoxy) is 2. The van der Waals surface area contributed by atoms with Gasteiger partial charge in [0.2, 0.25) is 0 Å². The SMILES string of the molecule is C[C@H](CC(=O)[C@H](O)[C@@H](O)[C@H](O[C@@H]1O[C@H](CO)[C@H](O)[C@H](O)[C@H]1O)[C@H](O)CO)Cc1ccccc1. The Morgan fingerprint density at radius 2 is 1.67 bits per heavy atom. The Morgan fingerprint density at radius 3 is 2.24 bits per heavy atom. The van der Waals surface area contributed by atoms with E-state index in [9.17, 15) is 45.6 Å². The molecule has 0 amide bonds. The van der Waals surface area contributed by atoms with Crippen molar-refractivity contribution >= 4 is 5.78 Å². The summed E-state index contributed by atoms with van der Waals surface area (Å²) in [6, 6.07) is 9.38. The van der Waals surface area contributed by atoms with Crippen LogP contribution in [0.15, 0.2) is 30.3 Å². The molecule has 0 radical (unpaired) electrons. The smallest absolute Gasteiger partial charge is 0.187 e. The topological polar surface area (TPSA) is 197 Å². The summed E-state index contributed by atoms with van der Waals surface area (Å²) >= 11 is 0. The average molecular weight is 475 g/mol. The molecular weight excluding hydrogens is 440 g/mol. The third-order valence-electron chi connectivity index (χ3n) is 5.67. The van der Waals surface area contributed by atoms with Crippen LogP contribution in [0.5, 0.6) is 0 Å². The van der Waals surface area contributed by atoms with Gasteiger partial charge in [0.25, 0.3) is 0 Å². The minimum Gasteiger partial charge on any atom is -0.394 e. The highest BCUT2D eigenvalue weighted by atomic mass is 16.7. The van der Waals surface area contributed by atoms with Crippen LogP contribution in [0.3, 0.4) is 0 Å². The second-order valence-corrected chi connectivity index (χ2v) is 8.45. The molecule has 1 heterocycles. The molecule has 0 spiro atoms. The lowest BCUT2D eigenvalue weighted by molar-refractivity contribution is -0.326. The summed E-state index contributed by atoms with van der Waals surface area (Å²) in [6.45, 7) is 0.139. The standard InChI is InChI=1S/C22H34O11/c1-11(7-12-5-3-2-4-6-12)8-13(25)16(27)19(30)21(14(26)9-23)33-22-20(31)18(29)17(28)15(10-24)32-22/h2-6,11,14-24,26-31H,7-10H2,1H3/t11-,14+,15+,16-,17-,18-,19+,20+,21+,22-/m0/s1. The molecule has 0 aliphatic carbocycles. The van der Waals surface area contributed by atoms with E-state index in [2.05, 4.69) is 0 Å². The molecule has 1 aliphatic heterocycles. The lowest BCUT2D eigenvalue weighted by Crippen LogP contribution is -2.61. The molecule has 1 aliphatic rings. The van der Waals surface area contributed by atoms with Gasteiger partial charge in [0.05, 0.1) is 13.2 Å². The van der Waals surface area contributed by atoms with Crippen molar-refractivity contribution in [3.63, 3.8) is 0 Å². The predicted octanol–water partition coefficient (Wildman–Crippen LogP) is -2.92. The third kappa shape index (κ3) is 7.23. The van der Waals surface area contributed by atoms with E-state index >= 15 is 0 Å². The van der Waals surface area contributed by atoms with Crippen LogP contribution in [-0.4, -0.2) is 115 Å². The highest BCUT2D eigenvalue weighted by molar-refractivity contribution is 5.83. The molecule has 33 heavy (non-hydrogen) atoms. The van der Waals surface area contributed by atoms with E-state index in [0.717, 1.165) is 5.56 Å². The average Bonchev–Trinajstić information content (AvgIpc) is 2.81. The number of aliphatic hydroxyl groups excluding tert-OH is 8. The molecule has 1 saturated heterocycles. The normalized spacial score (nSPS) is 30.3. The van der Waals surface area contributed by atoms with Crippen LogP contribution >= 0.6 is 0 Å². The summed E-state index contributed by atoms with van der Waals surface area (Å²) in [7, 11) is 0. The maximum absolute atomic E-state index is 12.6. The molecule has 0 saturated carbocycles. The number of hydrogen-bond donors (Lipinski definition) is 8. The van der Waals surface area contributed by atoms with Crippen LogP contribution in [0.1, 0.15) is 18.9 Å². The van der Waals surface area contributed by atoms with Crippen LogP contribution in [0, 0.1) is 5.92 Å². The molecule has 1 aromatic carbocycles. The Kier molecular flexibility index (Phi) is 10.8. The summed E-state index contributed by atoms with van der Waals surface area (Å²) in [4.78, 5) is 12.6. The van der Waals surface area contributed by atoms with Crippen molar-refractivity contribution in [3.05, 3.63) is 35.9 Å². The van der Waals surface area contributed by atoms with Crippen molar-refractivity contribution in [2.45, 2.75) is 74.9 Å². The molecule has 2 rings (SSSR count). The maximum atomic E-state index is 12.6. The number of benzene rings is 1. The second-order valence-electron chi connectivity index (χ2n) is 8.45. The molecular formula is C22H34O11.